The van der Waals surface area contributed by atoms with Gasteiger partial charge in [-0.1, -0.05) is 0 Å². The zero-order valence-electron chi connectivity index (χ0n) is 14.8. The molecule has 24 heavy (non-hydrogen) atoms. The van der Waals surface area contributed by atoms with Crippen molar-refractivity contribution in [3.05, 3.63) is 23.3 Å². The Morgan fingerprint density at radius 1 is 1.25 bits per heavy atom. The molecule has 0 amide bonds. The predicted molar refractivity (Wildman–Crippen MR) is 91.4 cm³/mol. The van der Waals surface area contributed by atoms with E-state index in [-0.39, 0.29) is 18.0 Å². The number of rotatable bonds is 5. The number of ether oxygens (including phenoxy) is 3. The molecule has 0 aromatic heterocycles. The third-order valence-electron chi connectivity index (χ3n) is 5.14. The molecule has 1 heterocycles. The second-order valence-electron chi connectivity index (χ2n) is 6.86. The topological polar surface area (TPSA) is 56.8 Å². The molecule has 2 aliphatic rings. The highest BCUT2D eigenvalue weighted by atomic mass is 16.5. The Bertz CT molecular complexity index is 593. The minimum absolute atomic E-state index is 0.0671. The molecule has 132 valence electrons. The van der Waals surface area contributed by atoms with E-state index in [1.165, 1.54) is 12.7 Å². The molecule has 1 unspecified atom stereocenters. The predicted octanol–water partition coefficient (Wildman–Crippen LogP) is 2.84. The maximum Gasteiger partial charge on any atom is 0.308 e. The van der Waals surface area contributed by atoms with Crippen LogP contribution in [0.3, 0.4) is 0 Å². The molecular formula is C19H27NO4. The lowest BCUT2D eigenvalue weighted by Crippen LogP contribution is -2.34. The maximum absolute atomic E-state index is 11.6. The Labute approximate surface area is 143 Å². The summed E-state index contributed by atoms with van der Waals surface area (Å²) in [4.78, 5) is 11.6. The number of carbonyl (C=O) groups is 1. The first-order valence-corrected chi connectivity index (χ1v) is 8.78. The zero-order valence-corrected chi connectivity index (χ0v) is 14.8. The molecule has 0 spiro atoms. The van der Waals surface area contributed by atoms with E-state index in [1.807, 2.05) is 0 Å². The molecule has 3 rings (SSSR count). The molecule has 0 bridgehead atoms. The average molecular weight is 333 g/mol. The van der Waals surface area contributed by atoms with Crippen molar-refractivity contribution in [1.82, 2.24) is 5.32 Å². The number of benzene rings is 1. The van der Waals surface area contributed by atoms with Gasteiger partial charge in [0, 0.05) is 30.1 Å². The van der Waals surface area contributed by atoms with E-state index in [1.54, 1.807) is 7.11 Å². The normalized spacial score (nSPS) is 25.7. The van der Waals surface area contributed by atoms with Crippen molar-refractivity contribution in [1.29, 1.82) is 0 Å². The van der Waals surface area contributed by atoms with Crippen molar-refractivity contribution < 1.29 is 19.0 Å². The Morgan fingerprint density at radius 3 is 2.67 bits per heavy atom. The summed E-state index contributed by atoms with van der Waals surface area (Å²) < 4.78 is 16.3. The fourth-order valence-corrected chi connectivity index (χ4v) is 3.76. The Morgan fingerprint density at radius 2 is 2.00 bits per heavy atom. The first-order chi connectivity index (χ1) is 11.6. The van der Waals surface area contributed by atoms with E-state index in [0.717, 1.165) is 55.7 Å². The molecule has 5 heteroatoms. The van der Waals surface area contributed by atoms with Gasteiger partial charge in [-0.3, -0.25) is 4.79 Å². The summed E-state index contributed by atoms with van der Waals surface area (Å²) in [7, 11) is 3.18. The van der Waals surface area contributed by atoms with Gasteiger partial charge in [0.15, 0.2) is 0 Å². The number of hydrogen-bond acceptors (Lipinski definition) is 5. The minimum atomic E-state index is -0.0694. The zero-order chi connectivity index (χ0) is 17.1. The molecule has 1 fully saturated rings. The van der Waals surface area contributed by atoms with Gasteiger partial charge in [-0.2, -0.15) is 0 Å². The van der Waals surface area contributed by atoms with Crippen LogP contribution in [0.25, 0.3) is 0 Å². The van der Waals surface area contributed by atoms with Crippen molar-refractivity contribution in [3.63, 3.8) is 0 Å². The van der Waals surface area contributed by atoms with Crippen molar-refractivity contribution >= 4 is 5.97 Å². The van der Waals surface area contributed by atoms with Crippen LogP contribution in [0.2, 0.25) is 0 Å². The second kappa shape index (κ2) is 7.43. The lowest BCUT2D eigenvalue weighted by molar-refractivity contribution is -0.146. The van der Waals surface area contributed by atoms with Crippen LogP contribution in [0.5, 0.6) is 11.5 Å². The quantitative estimate of drug-likeness (QED) is 0.840. The summed E-state index contributed by atoms with van der Waals surface area (Å²) in [6.45, 7) is 2.84. The lowest BCUT2D eigenvalue weighted by atomic mass is 9.86. The molecule has 1 aromatic rings. The van der Waals surface area contributed by atoms with Crippen LogP contribution in [0.1, 0.15) is 43.7 Å². The van der Waals surface area contributed by atoms with Crippen molar-refractivity contribution in [2.24, 2.45) is 5.92 Å². The molecule has 1 aliphatic heterocycles. The fourth-order valence-electron chi connectivity index (χ4n) is 3.76. The Kier molecular flexibility index (Phi) is 5.29. The highest BCUT2D eigenvalue weighted by Gasteiger charge is 2.27. The van der Waals surface area contributed by atoms with E-state index < -0.39 is 0 Å². The van der Waals surface area contributed by atoms with E-state index in [2.05, 4.69) is 24.4 Å². The molecule has 1 N–H and O–H groups in total. The van der Waals surface area contributed by atoms with Crippen LogP contribution in [-0.4, -0.2) is 32.3 Å². The van der Waals surface area contributed by atoms with Crippen molar-refractivity contribution in [2.45, 2.75) is 57.7 Å². The average Bonchev–Trinajstić information content (AvgIpc) is 2.97. The molecule has 5 nitrogen and oxygen atoms in total. The van der Waals surface area contributed by atoms with Gasteiger partial charge in [-0.25, -0.2) is 0 Å². The van der Waals surface area contributed by atoms with Gasteiger partial charge >= 0.3 is 5.97 Å². The van der Waals surface area contributed by atoms with Gasteiger partial charge in [0.05, 0.1) is 20.1 Å². The first kappa shape index (κ1) is 17.1. The fraction of sp³-hybridized carbons (Fsp3) is 0.632. The summed E-state index contributed by atoms with van der Waals surface area (Å²) in [5.74, 6) is 1.90. The molecular weight excluding hydrogens is 306 g/mol. The number of nitrogens with one attached hydrogen (secondary N) is 1. The van der Waals surface area contributed by atoms with Crippen LogP contribution < -0.4 is 14.8 Å². The van der Waals surface area contributed by atoms with Crippen molar-refractivity contribution in [3.8, 4) is 11.5 Å². The van der Waals surface area contributed by atoms with Crippen LogP contribution >= 0.6 is 0 Å². The molecule has 1 saturated carbocycles. The van der Waals surface area contributed by atoms with E-state index in [9.17, 15) is 4.79 Å². The third-order valence-corrected chi connectivity index (χ3v) is 5.14. The van der Waals surface area contributed by atoms with Gasteiger partial charge < -0.3 is 19.5 Å². The van der Waals surface area contributed by atoms with Crippen molar-refractivity contribution in [2.75, 3.05) is 14.2 Å². The molecule has 0 radical (unpaired) electrons. The van der Waals surface area contributed by atoms with Crippen LogP contribution in [-0.2, 0) is 22.5 Å². The van der Waals surface area contributed by atoms with Gasteiger partial charge in [0.2, 0.25) is 0 Å². The minimum Gasteiger partial charge on any atom is -0.496 e. The monoisotopic (exact) mass is 333 g/mol. The van der Waals surface area contributed by atoms with Crippen LogP contribution in [0.4, 0.5) is 0 Å². The largest absolute Gasteiger partial charge is 0.496 e. The lowest BCUT2D eigenvalue weighted by Gasteiger charge is -2.28. The number of methoxy groups -OCH3 is 2. The first-order valence-electron chi connectivity index (χ1n) is 8.78. The summed E-state index contributed by atoms with van der Waals surface area (Å²) >= 11 is 0. The summed E-state index contributed by atoms with van der Waals surface area (Å²) in [6.07, 6.45) is 4.97. The summed E-state index contributed by atoms with van der Waals surface area (Å²) in [5.41, 5.74) is 2.35. The van der Waals surface area contributed by atoms with Crippen LogP contribution in [0, 0.1) is 5.92 Å². The molecule has 0 saturated heterocycles. The Hall–Kier alpha value is -1.75. The van der Waals surface area contributed by atoms with Gasteiger partial charge in [-0.15, -0.1) is 0 Å². The smallest absolute Gasteiger partial charge is 0.308 e. The number of fused-ring (bicyclic) bond motifs is 1. The van der Waals surface area contributed by atoms with Gasteiger partial charge in [0.1, 0.15) is 17.6 Å². The number of esters is 1. The van der Waals surface area contributed by atoms with E-state index in [0.29, 0.717) is 6.04 Å². The highest BCUT2D eigenvalue weighted by Crippen LogP contribution is 2.35. The standard InChI is InChI=1S/C19H27NO4/c1-12-8-14-9-17(22-2)15(10-18(14)24-12)11-20-16-6-4-13(5-7-16)19(21)23-3/h9-10,12-13,16,20H,4-8,11H2,1-3H3. The molecule has 1 aromatic carbocycles. The molecule has 1 atom stereocenters. The second-order valence-corrected chi connectivity index (χ2v) is 6.86. The SMILES string of the molecule is COC(=O)C1CCC(NCc2cc3c(cc2OC)CC(C)O3)CC1. The van der Waals surface area contributed by atoms with E-state index in [4.69, 9.17) is 14.2 Å². The van der Waals surface area contributed by atoms with Crippen LogP contribution in [0.15, 0.2) is 12.1 Å². The Balaban J connectivity index is 1.58. The third kappa shape index (κ3) is 3.66. The summed E-state index contributed by atoms with van der Waals surface area (Å²) in [6, 6.07) is 4.64. The van der Waals surface area contributed by atoms with Gasteiger partial charge in [-0.05, 0) is 44.7 Å². The van der Waals surface area contributed by atoms with E-state index >= 15 is 0 Å². The molecule has 1 aliphatic carbocycles. The highest BCUT2D eigenvalue weighted by molar-refractivity contribution is 5.72. The van der Waals surface area contributed by atoms with Gasteiger partial charge in [0.25, 0.3) is 0 Å². The number of carbonyl (C=O) groups excluding carboxylic acids is 1. The summed E-state index contributed by atoms with van der Waals surface area (Å²) in [5, 5.41) is 3.60. The number of hydrogen-bond donors (Lipinski definition) is 1. The maximum atomic E-state index is 11.6.